The Morgan fingerprint density at radius 2 is 1.95 bits per heavy atom. The summed E-state index contributed by atoms with van der Waals surface area (Å²) in [5.41, 5.74) is 1.32. The lowest BCUT2D eigenvalue weighted by Crippen LogP contribution is -2.14. The van der Waals surface area contributed by atoms with Crippen molar-refractivity contribution >= 4 is 21.0 Å². The Morgan fingerprint density at radius 1 is 1.09 bits per heavy atom. The Bertz CT molecular complexity index is 935. The highest BCUT2D eigenvalue weighted by molar-refractivity contribution is 7.91. The second kappa shape index (κ2) is 4.88. The molecule has 1 atom stereocenters. The molecule has 112 valence electrons. The molecule has 0 saturated carbocycles. The van der Waals surface area contributed by atoms with Gasteiger partial charge < -0.3 is 0 Å². The average Bonchev–Trinajstić information content (AvgIpc) is 3.07. The minimum Gasteiger partial charge on any atom is -0.263 e. The normalized spacial score (nSPS) is 20.5. The molecule has 1 saturated heterocycles. The Morgan fingerprint density at radius 3 is 2.68 bits per heavy atom. The first-order chi connectivity index (χ1) is 10.7. The van der Waals surface area contributed by atoms with Crippen molar-refractivity contribution in [2.75, 3.05) is 5.75 Å². The van der Waals surface area contributed by atoms with Crippen molar-refractivity contribution in [2.45, 2.75) is 18.1 Å². The summed E-state index contributed by atoms with van der Waals surface area (Å²) in [5, 5.41) is -0.580. The van der Waals surface area contributed by atoms with Crippen LogP contribution in [0.25, 0.3) is 17.0 Å². The molecule has 0 aromatic carbocycles. The van der Waals surface area contributed by atoms with Crippen LogP contribution in [0.3, 0.4) is 0 Å². The molecule has 22 heavy (non-hydrogen) atoms. The smallest absolute Gasteiger partial charge is 0.165 e. The third-order valence-corrected chi connectivity index (χ3v) is 6.11. The quantitative estimate of drug-likeness (QED) is 0.723. The molecule has 0 N–H and O–H groups in total. The summed E-state index contributed by atoms with van der Waals surface area (Å²) in [6.45, 7) is 0. The largest absolute Gasteiger partial charge is 0.263 e. The molecule has 0 spiro atoms. The van der Waals surface area contributed by atoms with Gasteiger partial charge in [-0.1, -0.05) is 6.07 Å². The van der Waals surface area contributed by atoms with Crippen LogP contribution in [-0.2, 0) is 9.84 Å². The van der Waals surface area contributed by atoms with E-state index in [1.54, 1.807) is 23.0 Å². The monoisotopic (exact) mass is 314 g/mol. The van der Waals surface area contributed by atoms with E-state index in [-0.39, 0.29) is 5.75 Å². The molecule has 0 radical (unpaired) electrons. The molecule has 4 rings (SSSR count). The molecule has 0 amide bonds. The number of pyridine rings is 2. The summed E-state index contributed by atoms with van der Waals surface area (Å²) in [5.74, 6) is 1.38. The highest BCUT2D eigenvalue weighted by Crippen LogP contribution is 2.36. The lowest BCUT2D eigenvalue weighted by atomic mass is 10.2. The van der Waals surface area contributed by atoms with E-state index < -0.39 is 15.1 Å². The molecule has 1 fully saturated rings. The van der Waals surface area contributed by atoms with Crippen molar-refractivity contribution in [3.8, 4) is 5.82 Å². The van der Waals surface area contributed by atoms with Gasteiger partial charge in [0.15, 0.2) is 15.5 Å². The highest BCUT2D eigenvalue weighted by atomic mass is 32.2. The van der Waals surface area contributed by atoms with Crippen molar-refractivity contribution in [3.05, 3.63) is 48.5 Å². The van der Waals surface area contributed by atoms with E-state index in [2.05, 4.69) is 15.0 Å². The summed E-state index contributed by atoms with van der Waals surface area (Å²) in [6.07, 6.45) is 4.62. The zero-order valence-electron chi connectivity index (χ0n) is 11.8. The standard InChI is InChI=1S/C15H14N4O2S/c20-22(21)10-4-6-12(22)15-18-11-5-3-9-17-14(11)19(15)13-7-1-2-8-16-13/h1-3,5,7-9,12H,4,6,10H2. The zero-order chi connectivity index (χ0) is 15.2. The lowest BCUT2D eigenvalue weighted by molar-refractivity contribution is 0.588. The summed E-state index contributed by atoms with van der Waals surface area (Å²) < 4.78 is 26.4. The second-order valence-electron chi connectivity index (χ2n) is 5.34. The molecule has 1 aliphatic rings. The zero-order valence-corrected chi connectivity index (χ0v) is 12.6. The van der Waals surface area contributed by atoms with Crippen molar-refractivity contribution in [2.24, 2.45) is 0 Å². The number of imidazole rings is 1. The molecule has 0 bridgehead atoms. The van der Waals surface area contributed by atoms with Crippen LogP contribution in [0, 0.1) is 0 Å². The van der Waals surface area contributed by atoms with Crippen LogP contribution in [0.15, 0.2) is 42.7 Å². The summed E-state index contributed by atoms with van der Waals surface area (Å²) in [4.78, 5) is 13.3. The number of sulfone groups is 1. The van der Waals surface area contributed by atoms with Gasteiger partial charge >= 0.3 is 0 Å². The van der Waals surface area contributed by atoms with Crippen LogP contribution in [0.2, 0.25) is 0 Å². The Hall–Kier alpha value is -2.28. The van der Waals surface area contributed by atoms with Crippen LogP contribution in [0.5, 0.6) is 0 Å². The number of aromatic nitrogens is 4. The van der Waals surface area contributed by atoms with E-state index in [0.29, 0.717) is 35.6 Å². The van der Waals surface area contributed by atoms with E-state index in [1.165, 1.54) is 0 Å². The average molecular weight is 314 g/mol. The highest BCUT2D eigenvalue weighted by Gasteiger charge is 2.37. The van der Waals surface area contributed by atoms with Gasteiger partial charge in [-0.05, 0) is 37.1 Å². The van der Waals surface area contributed by atoms with E-state index in [4.69, 9.17) is 0 Å². The summed E-state index contributed by atoms with van der Waals surface area (Å²) in [7, 11) is -3.16. The van der Waals surface area contributed by atoms with Gasteiger partial charge in [0.2, 0.25) is 0 Å². The molecule has 1 aliphatic heterocycles. The fraction of sp³-hybridized carbons (Fsp3) is 0.267. The third kappa shape index (κ3) is 2.00. The van der Waals surface area contributed by atoms with Gasteiger partial charge in [-0.3, -0.25) is 4.57 Å². The molecule has 1 unspecified atom stereocenters. The van der Waals surface area contributed by atoms with Gasteiger partial charge in [-0.25, -0.2) is 23.4 Å². The first-order valence-corrected chi connectivity index (χ1v) is 8.85. The predicted molar refractivity (Wildman–Crippen MR) is 82.4 cm³/mol. The van der Waals surface area contributed by atoms with E-state index in [0.717, 1.165) is 0 Å². The van der Waals surface area contributed by atoms with Gasteiger partial charge in [0.1, 0.15) is 22.4 Å². The van der Waals surface area contributed by atoms with Crippen molar-refractivity contribution < 1.29 is 8.42 Å². The molecule has 6 nitrogen and oxygen atoms in total. The topological polar surface area (TPSA) is 77.7 Å². The van der Waals surface area contributed by atoms with Crippen LogP contribution >= 0.6 is 0 Å². The Kier molecular flexibility index (Phi) is 2.97. The first kappa shape index (κ1) is 13.4. The van der Waals surface area contributed by atoms with Crippen molar-refractivity contribution in [3.63, 3.8) is 0 Å². The first-order valence-electron chi connectivity index (χ1n) is 7.13. The van der Waals surface area contributed by atoms with Crippen molar-refractivity contribution in [1.82, 2.24) is 19.5 Å². The van der Waals surface area contributed by atoms with Crippen LogP contribution in [0.1, 0.15) is 23.9 Å². The molecule has 7 heteroatoms. The number of nitrogens with zero attached hydrogens (tertiary/aromatic N) is 4. The van der Waals surface area contributed by atoms with Crippen LogP contribution in [-0.4, -0.2) is 33.7 Å². The number of fused-ring (bicyclic) bond motifs is 1. The van der Waals surface area contributed by atoms with Crippen LogP contribution < -0.4 is 0 Å². The maximum absolute atomic E-state index is 12.3. The minimum atomic E-state index is -3.16. The maximum Gasteiger partial charge on any atom is 0.165 e. The van der Waals surface area contributed by atoms with Gasteiger partial charge in [0, 0.05) is 12.4 Å². The number of hydrogen-bond acceptors (Lipinski definition) is 5. The van der Waals surface area contributed by atoms with Crippen molar-refractivity contribution in [1.29, 1.82) is 0 Å². The third-order valence-electron chi connectivity index (χ3n) is 3.94. The molecular formula is C15H14N4O2S. The Labute approximate surface area is 127 Å². The summed E-state index contributed by atoms with van der Waals surface area (Å²) in [6, 6.07) is 9.16. The minimum absolute atomic E-state index is 0.219. The maximum atomic E-state index is 12.3. The lowest BCUT2D eigenvalue weighted by Gasteiger charge is -2.12. The second-order valence-corrected chi connectivity index (χ2v) is 7.64. The molecule has 3 aromatic rings. The fourth-order valence-electron chi connectivity index (χ4n) is 2.94. The van der Waals surface area contributed by atoms with Gasteiger partial charge in [-0.2, -0.15) is 0 Å². The SMILES string of the molecule is O=S1(=O)CCCC1c1nc2cccnc2n1-c1ccccn1. The molecule has 0 aliphatic carbocycles. The molecule has 3 aromatic heterocycles. The fourth-order valence-corrected chi connectivity index (χ4v) is 4.80. The van der Waals surface area contributed by atoms with Gasteiger partial charge in [0.25, 0.3) is 0 Å². The number of hydrogen-bond donors (Lipinski definition) is 0. The van der Waals surface area contributed by atoms with E-state index in [9.17, 15) is 8.42 Å². The predicted octanol–water partition coefficient (Wildman–Crippen LogP) is 2.07. The van der Waals surface area contributed by atoms with E-state index >= 15 is 0 Å². The number of rotatable bonds is 2. The van der Waals surface area contributed by atoms with Crippen LogP contribution in [0.4, 0.5) is 0 Å². The molecule has 4 heterocycles. The summed E-state index contributed by atoms with van der Waals surface area (Å²) >= 11 is 0. The Balaban J connectivity index is 2.03. The van der Waals surface area contributed by atoms with Gasteiger partial charge in [0.05, 0.1) is 5.75 Å². The van der Waals surface area contributed by atoms with Gasteiger partial charge in [-0.15, -0.1) is 0 Å². The van der Waals surface area contributed by atoms with E-state index in [1.807, 2.05) is 24.3 Å². The molecular weight excluding hydrogens is 300 g/mol.